The highest BCUT2D eigenvalue weighted by atomic mass is 19.2. The minimum absolute atomic E-state index is 0.0609. The fraction of sp³-hybridized carbons (Fsp3) is 0.250. The third kappa shape index (κ3) is 2.19. The van der Waals surface area contributed by atoms with Crippen LogP contribution in [0.1, 0.15) is 11.6 Å². The molecular weight excluding hydrogens is 240 g/mol. The summed E-state index contributed by atoms with van der Waals surface area (Å²) in [7, 11) is 1.60. The predicted octanol–water partition coefficient (Wildman–Crippen LogP) is 1.16. The van der Waals surface area contributed by atoms with Crippen LogP contribution in [0.3, 0.4) is 0 Å². The van der Waals surface area contributed by atoms with Crippen LogP contribution in [0, 0.1) is 11.6 Å². The number of aryl methyl sites for hydroxylation is 1. The summed E-state index contributed by atoms with van der Waals surface area (Å²) in [5.74, 6) is -1.91. The van der Waals surface area contributed by atoms with Gasteiger partial charge in [-0.2, -0.15) is 0 Å². The average molecular weight is 253 g/mol. The van der Waals surface area contributed by atoms with E-state index in [9.17, 15) is 13.6 Å². The quantitative estimate of drug-likeness (QED) is 0.892. The first kappa shape index (κ1) is 12.5. The van der Waals surface area contributed by atoms with Gasteiger partial charge in [-0.1, -0.05) is 12.1 Å². The van der Waals surface area contributed by atoms with E-state index >= 15 is 0 Å². The molecule has 0 fully saturated rings. The molecule has 0 aliphatic heterocycles. The van der Waals surface area contributed by atoms with Crippen LogP contribution in [0.4, 0.5) is 8.78 Å². The third-order valence-electron chi connectivity index (χ3n) is 2.79. The van der Waals surface area contributed by atoms with E-state index in [0.717, 1.165) is 6.07 Å². The highest BCUT2D eigenvalue weighted by molar-refractivity contribution is 5.22. The number of nitrogens with two attached hydrogens (primary N) is 1. The van der Waals surface area contributed by atoms with Crippen LogP contribution >= 0.6 is 0 Å². The summed E-state index contributed by atoms with van der Waals surface area (Å²) in [6, 6.07) is 3.05. The van der Waals surface area contributed by atoms with Gasteiger partial charge in [0.1, 0.15) is 0 Å². The molecule has 0 radical (unpaired) electrons. The second-order valence-corrected chi connectivity index (χ2v) is 4.09. The van der Waals surface area contributed by atoms with Crippen LogP contribution in [0.2, 0.25) is 0 Å². The maximum Gasteiger partial charge on any atom is 0.327 e. The molecule has 1 heterocycles. The molecule has 1 atom stereocenters. The number of hydrogen-bond acceptors (Lipinski definition) is 2. The summed E-state index contributed by atoms with van der Waals surface area (Å²) in [5.41, 5.74) is 5.61. The van der Waals surface area contributed by atoms with Crippen molar-refractivity contribution in [1.82, 2.24) is 9.13 Å². The van der Waals surface area contributed by atoms with Crippen molar-refractivity contribution in [3.63, 3.8) is 0 Å². The number of benzene rings is 1. The Bertz CT molecular complexity index is 618. The lowest BCUT2D eigenvalue weighted by Gasteiger charge is -2.13. The van der Waals surface area contributed by atoms with Crippen molar-refractivity contribution in [2.24, 2.45) is 12.8 Å². The van der Waals surface area contributed by atoms with Crippen LogP contribution in [-0.4, -0.2) is 9.13 Å². The Labute approximate surface area is 102 Å². The minimum Gasteiger partial charge on any atom is -0.322 e. The van der Waals surface area contributed by atoms with Crippen molar-refractivity contribution in [2.75, 3.05) is 0 Å². The van der Waals surface area contributed by atoms with Gasteiger partial charge < -0.3 is 10.3 Å². The highest BCUT2D eigenvalue weighted by Crippen LogP contribution is 2.18. The maximum absolute atomic E-state index is 13.5. The molecule has 2 N–H and O–H groups in total. The molecule has 96 valence electrons. The van der Waals surface area contributed by atoms with Gasteiger partial charge in [0.25, 0.3) is 0 Å². The highest BCUT2D eigenvalue weighted by Gasteiger charge is 2.15. The van der Waals surface area contributed by atoms with Gasteiger partial charge in [0.2, 0.25) is 0 Å². The predicted molar refractivity (Wildman–Crippen MR) is 63.0 cm³/mol. The van der Waals surface area contributed by atoms with Gasteiger partial charge in [-0.15, -0.1) is 0 Å². The van der Waals surface area contributed by atoms with Crippen molar-refractivity contribution >= 4 is 0 Å². The Balaban J connectivity index is 2.27. The third-order valence-corrected chi connectivity index (χ3v) is 2.79. The number of imidazole rings is 1. The van der Waals surface area contributed by atoms with Crippen LogP contribution in [0.15, 0.2) is 35.4 Å². The first-order valence-electron chi connectivity index (χ1n) is 5.42. The number of rotatable bonds is 3. The van der Waals surface area contributed by atoms with Crippen molar-refractivity contribution in [1.29, 1.82) is 0 Å². The summed E-state index contributed by atoms with van der Waals surface area (Å²) in [6.45, 7) is 0.0973. The van der Waals surface area contributed by atoms with Crippen molar-refractivity contribution in [2.45, 2.75) is 12.6 Å². The second-order valence-electron chi connectivity index (χ2n) is 4.09. The summed E-state index contributed by atoms with van der Waals surface area (Å²) < 4.78 is 29.3. The molecule has 1 aromatic heterocycles. The lowest BCUT2D eigenvalue weighted by Crippen LogP contribution is -2.27. The smallest absolute Gasteiger partial charge is 0.322 e. The summed E-state index contributed by atoms with van der Waals surface area (Å²) in [4.78, 5) is 11.6. The van der Waals surface area contributed by atoms with E-state index in [0.29, 0.717) is 0 Å². The van der Waals surface area contributed by atoms with E-state index < -0.39 is 17.7 Å². The van der Waals surface area contributed by atoms with Crippen LogP contribution in [0.5, 0.6) is 0 Å². The fourth-order valence-electron chi connectivity index (χ4n) is 1.77. The molecule has 6 heteroatoms. The average Bonchev–Trinajstić information content (AvgIpc) is 2.64. The molecule has 18 heavy (non-hydrogen) atoms. The summed E-state index contributed by atoms with van der Waals surface area (Å²) in [6.07, 6.45) is 3.14. The number of hydrogen-bond donors (Lipinski definition) is 1. The second kappa shape index (κ2) is 4.73. The molecule has 0 spiro atoms. The van der Waals surface area contributed by atoms with Crippen LogP contribution in [0.25, 0.3) is 0 Å². The molecule has 0 aliphatic carbocycles. The van der Waals surface area contributed by atoms with Gasteiger partial charge in [-0.25, -0.2) is 13.6 Å². The zero-order valence-electron chi connectivity index (χ0n) is 9.81. The standard InChI is InChI=1S/C12H13F2N3O/c1-16-5-6-17(12(16)18)7-10(15)8-3-2-4-9(13)11(8)14/h2-6,10H,7,15H2,1H3. The molecule has 2 aromatic rings. The van der Waals surface area contributed by atoms with E-state index in [1.807, 2.05) is 0 Å². The molecule has 0 amide bonds. The lowest BCUT2D eigenvalue weighted by atomic mass is 10.1. The van der Waals surface area contributed by atoms with E-state index in [4.69, 9.17) is 5.73 Å². The Morgan fingerprint density at radius 1 is 1.33 bits per heavy atom. The molecular formula is C12H13F2N3O. The van der Waals surface area contributed by atoms with Gasteiger partial charge in [-0.05, 0) is 6.07 Å². The molecule has 0 saturated heterocycles. The van der Waals surface area contributed by atoms with E-state index in [1.54, 1.807) is 19.4 Å². The van der Waals surface area contributed by atoms with Gasteiger partial charge >= 0.3 is 5.69 Å². The zero-order chi connectivity index (χ0) is 13.3. The first-order chi connectivity index (χ1) is 8.50. The molecule has 0 aliphatic rings. The monoisotopic (exact) mass is 253 g/mol. The largest absolute Gasteiger partial charge is 0.327 e. The van der Waals surface area contributed by atoms with Crippen LogP contribution in [-0.2, 0) is 13.6 Å². The van der Waals surface area contributed by atoms with Gasteiger partial charge in [0.05, 0.1) is 6.04 Å². The fourth-order valence-corrected chi connectivity index (χ4v) is 1.77. The Morgan fingerprint density at radius 2 is 2.06 bits per heavy atom. The van der Waals surface area contributed by atoms with Gasteiger partial charge in [-0.3, -0.25) is 4.57 Å². The first-order valence-corrected chi connectivity index (χ1v) is 5.42. The van der Waals surface area contributed by atoms with Crippen molar-refractivity contribution in [3.05, 3.63) is 58.3 Å². The van der Waals surface area contributed by atoms with E-state index in [2.05, 4.69) is 0 Å². The van der Waals surface area contributed by atoms with Crippen LogP contribution < -0.4 is 11.4 Å². The normalized spacial score (nSPS) is 12.7. The lowest BCUT2D eigenvalue weighted by molar-refractivity contribution is 0.471. The van der Waals surface area contributed by atoms with Gasteiger partial charge in [0, 0.05) is 31.5 Å². The number of nitrogens with zero attached hydrogens (tertiary/aromatic N) is 2. The topological polar surface area (TPSA) is 52.9 Å². The molecule has 4 nitrogen and oxygen atoms in total. The Morgan fingerprint density at radius 3 is 2.67 bits per heavy atom. The van der Waals surface area contributed by atoms with Crippen molar-refractivity contribution < 1.29 is 8.78 Å². The number of aromatic nitrogens is 2. The Kier molecular flexibility index (Phi) is 3.29. The van der Waals surface area contributed by atoms with E-state index in [1.165, 1.54) is 21.3 Å². The number of halogens is 2. The van der Waals surface area contributed by atoms with E-state index in [-0.39, 0.29) is 17.8 Å². The minimum atomic E-state index is -0.964. The maximum atomic E-state index is 13.5. The molecule has 1 unspecified atom stereocenters. The SMILES string of the molecule is Cn1ccn(CC(N)c2cccc(F)c2F)c1=O. The summed E-state index contributed by atoms with van der Waals surface area (Å²) >= 11 is 0. The molecule has 1 aromatic carbocycles. The summed E-state index contributed by atoms with van der Waals surface area (Å²) in [5, 5.41) is 0. The zero-order valence-corrected chi connectivity index (χ0v) is 9.81. The molecule has 2 rings (SSSR count). The molecule has 0 saturated carbocycles. The van der Waals surface area contributed by atoms with Crippen molar-refractivity contribution in [3.8, 4) is 0 Å². The Hall–Kier alpha value is -1.95. The van der Waals surface area contributed by atoms with Gasteiger partial charge in [0.15, 0.2) is 11.6 Å². The molecule has 0 bridgehead atoms.